The number of thiophene rings is 1. The van der Waals surface area contributed by atoms with Gasteiger partial charge in [0.05, 0.1) is 4.88 Å². The molecule has 1 aliphatic rings. The molecular weight excluding hydrogens is 298 g/mol. The van der Waals surface area contributed by atoms with Crippen LogP contribution < -0.4 is 10.6 Å². The van der Waals surface area contributed by atoms with E-state index in [2.05, 4.69) is 10.6 Å². The predicted octanol–water partition coefficient (Wildman–Crippen LogP) is 1.11. The van der Waals surface area contributed by atoms with E-state index in [0.29, 0.717) is 17.8 Å². The first-order valence-corrected chi connectivity index (χ1v) is 7.38. The summed E-state index contributed by atoms with van der Waals surface area (Å²) in [5.41, 5.74) is 0. The van der Waals surface area contributed by atoms with Gasteiger partial charge in [-0.25, -0.2) is 0 Å². The Balaban J connectivity index is 0.00000200. The third kappa shape index (κ3) is 4.47. The first-order chi connectivity index (χ1) is 9.18. The van der Waals surface area contributed by atoms with E-state index in [-0.39, 0.29) is 30.3 Å². The Hall–Kier alpha value is -1.11. The number of amides is 2. The third-order valence-corrected chi connectivity index (χ3v) is 4.06. The Morgan fingerprint density at radius 3 is 3.00 bits per heavy atom. The van der Waals surface area contributed by atoms with Crippen LogP contribution in [0, 0.1) is 0 Å². The number of nitrogens with one attached hydrogen (secondary N) is 2. The van der Waals surface area contributed by atoms with E-state index in [9.17, 15) is 9.59 Å². The maximum absolute atomic E-state index is 12.0. The summed E-state index contributed by atoms with van der Waals surface area (Å²) in [7, 11) is 0. The van der Waals surface area contributed by atoms with E-state index in [1.165, 1.54) is 11.3 Å². The van der Waals surface area contributed by atoms with Crippen molar-refractivity contribution in [2.75, 3.05) is 26.2 Å². The zero-order valence-electron chi connectivity index (χ0n) is 11.4. The van der Waals surface area contributed by atoms with E-state index in [0.717, 1.165) is 19.6 Å². The predicted molar refractivity (Wildman–Crippen MR) is 82.6 cm³/mol. The molecule has 1 aliphatic heterocycles. The number of nitrogens with zero attached hydrogens (tertiary/aromatic N) is 1. The van der Waals surface area contributed by atoms with Crippen molar-refractivity contribution in [3.8, 4) is 0 Å². The minimum absolute atomic E-state index is 0. The third-order valence-electron chi connectivity index (χ3n) is 3.19. The van der Waals surface area contributed by atoms with Crippen LogP contribution in [0.4, 0.5) is 0 Å². The smallest absolute Gasteiger partial charge is 0.261 e. The van der Waals surface area contributed by atoms with Gasteiger partial charge < -0.3 is 15.5 Å². The lowest BCUT2D eigenvalue weighted by Crippen LogP contribution is -2.52. The number of hydrogen-bond acceptors (Lipinski definition) is 4. The van der Waals surface area contributed by atoms with Crippen molar-refractivity contribution >= 4 is 35.6 Å². The fourth-order valence-corrected chi connectivity index (χ4v) is 2.77. The van der Waals surface area contributed by atoms with Gasteiger partial charge in [-0.1, -0.05) is 6.07 Å². The van der Waals surface area contributed by atoms with Crippen molar-refractivity contribution in [2.24, 2.45) is 0 Å². The van der Waals surface area contributed by atoms with Crippen molar-refractivity contribution in [1.29, 1.82) is 0 Å². The summed E-state index contributed by atoms with van der Waals surface area (Å²) < 4.78 is 0. The average molecular weight is 318 g/mol. The van der Waals surface area contributed by atoms with E-state index in [1.807, 2.05) is 23.3 Å². The molecule has 2 amide bonds. The van der Waals surface area contributed by atoms with Gasteiger partial charge in [0.25, 0.3) is 5.91 Å². The van der Waals surface area contributed by atoms with Gasteiger partial charge in [0.1, 0.15) is 0 Å². The maximum Gasteiger partial charge on any atom is 0.261 e. The van der Waals surface area contributed by atoms with Gasteiger partial charge in [-0.3, -0.25) is 9.59 Å². The lowest BCUT2D eigenvalue weighted by Gasteiger charge is -2.34. The van der Waals surface area contributed by atoms with Crippen LogP contribution in [0.3, 0.4) is 0 Å². The zero-order valence-corrected chi connectivity index (χ0v) is 13.1. The molecule has 5 nitrogen and oxygen atoms in total. The Morgan fingerprint density at radius 1 is 1.55 bits per heavy atom. The van der Waals surface area contributed by atoms with Gasteiger partial charge in [0, 0.05) is 38.6 Å². The van der Waals surface area contributed by atoms with Crippen LogP contribution in [0.1, 0.15) is 23.0 Å². The lowest BCUT2D eigenvalue weighted by atomic mass is 10.2. The highest BCUT2D eigenvalue weighted by atomic mass is 35.5. The fraction of sp³-hybridized carbons (Fsp3) is 0.538. The average Bonchev–Trinajstić information content (AvgIpc) is 2.93. The van der Waals surface area contributed by atoms with Gasteiger partial charge >= 0.3 is 0 Å². The van der Waals surface area contributed by atoms with E-state index < -0.39 is 0 Å². The molecule has 2 N–H and O–H groups in total. The molecule has 2 heterocycles. The monoisotopic (exact) mass is 317 g/mol. The lowest BCUT2D eigenvalue weighted by molar-refractivity contribution is -0.133. The summed E-state index contributed by atoms with van der Waals surface area (Å²) >= 11 is 1.40. The van der Waals surface area contributed by atoms with Gasteiger partial charge in [0.15, 0.2) is 0 Å². The number of carbonyl (C=O) groups excluding carboxylic acids is 2. The minimum atomic E-state index is -0.101. The van der Waals surface area contributed by atoms with Crippen molar-refractivity contribution in [3.05, 3.63) is 22.4 Å². The van der Waals surface area contributed by atoms with Gasteiger partial charge in [0.2, 0.25) is 5.91 Å². The number of hydrogen-bond donors (Lipinski definition) is 2. The Morgan fingerprint density at radius 2 is 2.35 bits per heavy atom. The summed E-state index contributed by atoms with van der Waals surface area (Å²) in [5.74, 6) is 0.0108. The first kappa shape index (κ1) is 16.9. The second-order valence-corrected chi connectivity index (χ2v) is 5.57. The van der Waals surface area contributed by atoms with Crippen molar-refractivity contribution in [1.82, 2.24) is 15.5 Å². The highest BCUT2D eigenvalue weighted by Crippen LogP contribution is 2.08. The molecule has 1 saturated heterocycles. The van der Waals surface area contributed by atoms with Crippen LogP contribution in [0.15, 0.2) is 17.5 Å². The van der Waals surface area contributed by atoms with E-state index in [1.54, 1.807) is 6.07 Å². The quantitative estimate of drug-likeness (QED) is 0.874. The molecule has 2 rings (SSSR count). The topological polar surface area (TPSA) is 61.4 Å². The van der Waals surface area contributed by atoms with Crippen LogP contribution in [-0.2, 0) is 4.79 Å². The highest BCUT2D eigenvalue weighted by molar-refractivity contribution is 7.12. The molecule has 20 heavy (non-hydrogen) atoms. The standard InChI is InChI=1S/C13H19N3O2S.ClH/c1-10-9-14-6-7-16(10)12(17)4-5-15-13(18)11-3-2-8-19-11;/h2-3,8,10,14H,4-7,9H2,1H3,(H,15,18);1H. The molecule has 0 bridgehead atoms. The summed E-state index contributed by atoms with van der Waals surface area (Å²) in [6, 6.07) is 3.85. The first-order valence-electron chi connectivity index (χ1n) is 6.50. The van der Waals surface area contributed by atoms with Gasteiger partial charge in [-0.15, -0.1) is 23.7 Å². The summed E-state index contributed by atoms with van der Waals surface area (Å²) in [6.07, 6.45) is 0.363. The van der Waals surface area contributed by atoms with Crippen LogP contribution >= 0.6 is 23.7 Å². The Bertz CT molecular complexity index is 439. The molecule has 112 valence electrons. The molecule has 0 aromatic carbocycles. The Kier molecular flexibility index (Phi) is 6.98. The molecule has 0 radical (unpaired) electrons. The number of rotatable bonds is 4. The molecule has 7 heteroatoms. The van der Waals surface area contributed by atoms with Crippen LogP contribution in [-0.4, -0.2) is 48.9 Å². The molecule has 0 aliphatic carbocycles. The summed E-state index contributed by atoms with van der Waals surface area (Å²) in [6.45, 7) is 4.87. The second kappa shape index (κ2) is 8.24. The molecule has 1 aromatic heterocycles. The van der Waals surface area contributed by atoms with Crippen LogP contribution in [0.5, 0.6) is 0 Å². The summed E-state index contributed by atoms with van der Waals surface area (Å²) in [4.78, 5) is 26.3. The summed E-state index contributed by atoms with van der Waals surface area (Å²) in [5, 5.41) is 7.89. The van der Waals surface area contributed by atoms with E-state index >= 15 is 0 Å². The molecule has 1 aromatic rings. The minimum Gasteiger partial charge on any atom is -0.351 e. The van der Waals surface area contributed by atoms with Crippen molar-refractivity contribution in [2.45, 2.75) is 19.4 Å². The van der Waals surface area contributed by atoms with Crippen LogP contribution in [0.2, 0.25) is 0 Å². The van der Waals surface area contributed by atoms with E-state index in [4.69, 9.17) is 0 Å². The molecule has 1 unspecified atom stereocenters. The number of halogens is 1. The molecule has 1 atom stereocenters. The van der Waals surface area contributed by atoms with Gasteiger partial charge in [-0.2, -0.15) is 0 Å². The second-order valence-electron chi connectivity index (χ2n) is 4.62. The fourth-order valence-electron chi connectivity index (χ4n) is 2.13. The number of piperazine rings is 1. The molecule has 0 spiro atoms. The largest absolute Gasteiger partial charge is 0.351 e. The zero-order chi connectivity index (χ0) is 13.7. The SMILES string of the molecule is CC1CNCCN1C(=O)CCNC(=O)c1cccs1.Cl. The maximum atomic E-state index is 12.0. The molecular formula is C13H20ClN3O2S. The van der Waals surface area contributed by atoms with Crippen molar-refractivity contribution in [3.63, 3.8) is 0 Å². The Labute approximate surface area is 129 Å². The van der Waals surface area contributed by atoms with Gasteiger partial charge in [-0.05, 0) is 18.4 Å². The van der Waals surface area contributed by atoms with Crippen molar-refractivity contribution < 1.29 is 9.59 Å². The molecule has 0 saturated carbocycles. The molecule has 1 fully saturated rings. The normalized spacial score (nSPS) is 18.2. The van der Waals surface area contributed by atoms with Crippen LogP contribution in [0.25, 0.3) is 0 Å². The number of carbonyl (C=O) groups is 2. The highest BCUT2D eigenvalue weighted by Gasteiger charge is 2.22.